The first-order chi connectivity index (χ1) is 7.03. The minimum Gasteiger partial charge on any atom is -0.387 e. The zero-order chi connectivity index (χ0) is 11.3. The fraction of sp³-hybridized carbons (Fsp3) is 0.545. The summed E-state index contributed by atoms with van der Waals surface area (Å²) in [5.41, 5.74) is 1.31. The molecule has 0 radical (unpaired) electrons. The molecule has 0 amide bonds. The maximum Gasteiger partial charge on any atom is 0.0880 e. The van der Waals surface area contributed by atoms with Crippen molar-refractivity contribution in [2.75, 3.05) is 23.9 Å². The fourth-order valence-corrected chi connectivity index (χ4v) is 2.03. The smallest absolute Gasteiger partial charge is 0.0880 e. The molecule has 0 bridgehead atoms. The molecule has 1 atom stereocenters. The van der Waals surface area contributed by atoms with E-state index in [0.717, 1.165) is 17.1 Å². The lowest BCUT2D eigenvalue weighted by Gasteiger charge is -2.23. The highest BCUT2D eigenvalue weighted by atomic mass is 32.2. The molecular formula is C11H18N2OS. The molecule has 0 aromatic carbocycles. The van der Waals surface area contributed by atoms with Crippen LogP contribution in [0.5, 0.6) is 0 Å². The van der Waals surface area contributed by atoms with Gasteiger partial charge in [-0.1, -0.05) is 0 Å². The third-order valence-corrected chi connectivity index (χ3v) is 2.94. The summed E-state index contributed by atoms with van der Waals surface area (Å²) >= 11 is 1.64. The van der Waals surface area contributed by atoms with Crippen molar-refractivity contribution in [3.8, 4) is 0 Å². The van der Waals surface area contributed by atoms with Crippen molar-refractivity contribution in [1.82, 2.24) is 4.98 Å². The highest BCUT2D eigenvalue weighted by molar-refractivity contribution is 7.98. The zero-order valence-corrected chi connectivity index (χ0v) is 10.3. The minimum atomic E-state index is -0.670. The van der Waals surface area contributed by atoms with E-state index in [1.54, 1.807) is 18.0 Å². The van der Waals surface area contributed by atoms with Gasteiger partial charge in [0.2, 0.25) is 0 Å². The van der Waals surface area contributed by atoms with Crippen LogP contribution in [0.3, 0.4) is 0 Å². The molecule has 0 aliphatic rings. The van der Waals surface area contributed by atoms with Crippen LogP contribution in [-0.2, 0) is 0 Å². The van der Waals surface area contributed by atoms with Crippen LogP contribution in [0.15, 0.2) is 18.3 Å². The molecule has 4 heteroatoms. The van der Waals surface area contributed by atoms with Crippen LogP contribution < -0.4 is 5.32 Å². The first kappa shape index (κ1) is 12.3. The summed E-state index contributed by atoms with van der Waals surface area (Å²) in [5.74, 6) is 0.726. The first-order valence-electron chi connectivity index (χ1n) is 4.91. The monoisotopic (exact) mass is 226 g/mol. The van der Waals surface area contributed by atoms with Crippen molar-refractivity contribution in [1.29, 1.82) is 0 Å². The second-order valence-electron chi connectivity index (χ2n) is 3.97. The van der Waals surface area contributed by atoms with Gasteiger partial charge in [0.15, 0.2) is 0 Å². The van der Waals surface area contributed by atoms with Crippen LogP contribution in [-0.4, -0.2) is 34.2 Å². The van der Waals surface area contributed by atoms with Gasteiger partial charge in [0, 0.05) is 29.9 Å². The number of aliphatic hydroxyl groups is 1. The number of rotatable bonds is 5. The van der Waals surface area contributed by atoms with Crippen LogP contribution in [0.2, 0.25) is 0 Å². The molecule has 1 heterocycles. The molecule has 0 saturated carbocycles. The standard InChI is InChI=1S/C11H18N2OS/c1-9-6-10(4-5-12-9)13-7-11(2,14)8-15-3/h4-6,14H,7-8H2,1-3H3,(H,12,13). The second-order valence-corrected chi connectivity index (χ2v) is 4.84. The van der Waals surface area contributed by atoms with E-state index >= 15 is 0 Å². The van der Waals surface area contributed by atoms with Crippen molar-refractivity contribution in [3.05, 3.63) is 24.0 Å². The molecule has 1 unspecified atom stereocenters. The Labute approximate surface area is 95.3 Å². The number of aromatic nitrogens is 1. The first-order valence-corrected chi connectivity index (χ1v) is 6.31. The number of anilines is 1. The molecule has 1 rings (SSSR count). The molecule has 1 aromatic rings. The summed E-state index contributed by atoms with van der Waals surface area (Å²) in [5, 5.41) is 13.2. The van der Waals surface area contributed by atoms with Crippen LogP contribution >= 0.6 is 11.8 Å². The van der Waals surface area contributed by atoms with Gasteiger partial charge in [-0.05, 0) is 32.2 Å². The molecule has 84 valence electrons. The molecule has 1 aromatic heterocycles. The lowest BCUT2D eigenvalue weighted by Crippen LogP contribution is -2.36. The van der Waals surface area contributed by atoms with Gasteiger partial charge in [0.25, 0.3) is 0 Å². The van der Waals surface area contributed by atoms with Gasteiger partial charge in [0.1, 0.15) is 0 Å². The summed E-state index contributed by atoms with van der Waals surface area (Å²) in [6.07, 6.45) is 3.76. The normalized spacial score (nSPS) is 14.7. The quantitative estimate of drug-likeness (QED) is 0.805. The summed E-state index contributed by atoms with van der Waals surface area (Å²) in [6, 6.07) is 3.87. The number of hydrogen-bond donors (Lipinski definition) is 2. The topological polar surface area (TPSA) is 45.1 Å². The van der Waals surface area contributed by atoms with E-state index < -0.39 is 5.60 Å². The summed E-state index contributed by atoms with van der Waals surface area (Å²) in [6.45, 7) is 4.34. The number of hydrogen-bond acceptors (Lipinski definition) is 4. The van der Waals surface area contributed by atoms with Gasteiger partial charge in [-0.25, -0.2) is 0 Å². The highest BCUT2D eigenvalue weighted by Gasteiger charge is 2.18. The van der Waals surface area contributed by atoms with Crippen molar-refractivity contribution in [3.63, 3.8) is 0 Å². The predicted molar refractivity (Wildman–Crippen MR) is 66.5 cm³/mol. The molecular weight excluding hydrogens is 208 g/mol. The number of aryl methyl sites for hydroxylation is 1. The second kappa shape index (κ2) is 5.37. The van der Waals surface area contributed by atoms with Gasteiger partial charge in [-0.2, -0.15) is 11.8 Å². The van der Waals surface area contributed by atoms with Gasteiger partial charge >= 0.3 is 0 Å². The van der Waals surface area contributed by atoms with E-state index in [2.05, 4.69) is 10.3 Å². The Morgan fingerprint density at radius 2 is 2.33 bits per heavy atom. The van der Waals surface area contributed by atoms with Crippen molar-refractivity contribution in [2.24, 2.45) is 0 Å². The van der Waals surface area contributed by atoms with Gasteiger partial charge < -0.3 is 10.4 Å². The van der Waals surface area contributed by atoms with E-state index in [9.17, 15) is 5.11 Å². The van der Waals surface area contributed by atoms with E-state index in [0.29, 0.717) is 6.54 Å². The molecule has 2 N–H and O–H groups in total. The van der Waals surface area contributed by atoms with E-state index in [1.807, 2.05) is 32.2 Å². The molecule has 0 aliphatic carbocycles. The van der Waals surface area contributed by atoms with E-state index in [4.69, 9.17) is 0 Å². The summed E-state index contributed by atoms with van der Waals surface area (Å²) in [7, 11) is 0. The molecule has 0 saturated heterocycles. The van der Waals surface area contributed by atoms with Crippen molar-refractivity contribution < 1.29 is 5.11 Å². The Kier molecular flexibility index (Phi) is 4.42. The van der Waals surface area contributed by atoms with Crippen LogP contribution in [0.4, 0.5) is 5.69 Å². The Balaban J connectivity index is 2.49. The SMILES string of the molecule is CSCC(C)(O)CNc1ccnc(C)c1. The zero-order valence-electron chi connectivity index (χ0n) is 9.45. The maximum atomic E-state index is 9.95. The molecule has 15 heavy (non-hydrogen) atoms. The average Bonchev–Trinajstić information content (AvgIpc) is 2.15. The number of thioether (sulfide) groups is 1. The number of pyridine rings is 1. The summed E-state index contributed by atoms with van der Waals surface area (Å²) in [4.78, 5) is 4.11. The van der Waals surface area contributed by atoms with Crippen molar-refractivity contribution >= 4 is 17.4 Å². The Morgan fingerprint density at radius 1 is 1.60 bits per heavy atom. The van der Waals surface area contributed by atoms with Crippen LogP contribution in [0.25, 0.3) is 0 Å². The van der Waals surface area contributed by atoms with E-state index in [-0.39, 0.29) is 0 Å². The molecule has 0 fully saturated rings. The third-order valence-electron chi connectivity index (χ3n) is 2.03. The largest absolute Gasteiger partial charge is 0.387 e. The highest BCUT2D eigenvalue weighted by Crippen LogP contribution is 2.13. The Bertz CT molecular complexity index is 315. The maximum absolute atomic E-state index is 9.95. The molecule has 0 aliphatic heterocycles. The van der Waals surface area contributed by atoms with E-state index in [1.165, 1.54) is 0 Å². The van der Waals surface area contributed by atoms with Crippen LogP contribution in [0, 0.1) is 6.92 Å². The Hall–Kier alpha value is -0.740. The van der Waals surface area contributed by atoms with Gasteiger partial charge in [-0.3, -0.25) is 4.98 Å². The average molecular weight is 226 g/mol. The predicted octanol–water partition coefficient (Wildman–Crippen LogP) is 1.92. The lowest BCUT2D eigenvalue weighted by atomic mass is 10.1. The van der Waals surface area contributed by atoms with Crippen molar-refractivity contribution in [2.45, 2.75) is 19.4 Å². The fourth-order valence-electron chi connectivity index (χ4n) is 1.31. The van der Waals surface area contributed by atoms with Gasteiger partial charge in [0.05, 0.1) is 5.60 Å². The third kappa shape index (κ3) is 4.53. The van der Waals surface area contributed by atoms with Crippen LogP contribution in [0.1, 0.15) is 12.6 Å². The molecule has 3 nitrogen and oxygen atoms in total. The van der Waals surface area contributed by atoms with Gasteiger partial charge in [-0.15, -0.1) is 0 Å². The summed E-state index contributed by atoms with van der Waals surface area (Å²) < 4.78 is 0. The number of nitrogens with zero attached hydrogens (tertiary/aromatic N) is 1. The Morgan fingerprint density at radius 3 is 2.93 bits per heavy atom. The molecule has 0 spiro atoms. The number of nitrogens with one attached hydrogen (secondary N) is 1. The lowest BCUT2D eigenvalue weighted by molar-refractivity contribution is 0.0997. The minimum absolute atomic E-state index is 0.553.